The van der Waals surface area contributed by atoms with Crippen LogP contribution in [0.25, 0.3) is 0 Å². The molecule has 1 heterocycles. The van der Waals surface area contributed by atoms with E-state index >= 15 is 0 Å². The highest BCUT2D eigenvalue weighted by Gasteiger charge is 2.21. The molecular weight excluding hydrogens is 356 g/mol. The lowest BCUT2D eigenvalue weighted by molar-refractivity contribution is 0.103. The minimum Gasteiger partial charge on any atom is -0.486 e. The first-order valence-corrected chi connectivity index (χ1v) is 7.63. The fourth-order valence-electron chi connectivity index (χ4n) is 2.22. The van der Waals surface area contributed by atoms with Crippen molar-refractivity contribution in [2.75, 3.05) is 13.2 Å². The van der Waals surface area contributed by atoms with E-state index in [-0.39, 0.29) is 5.78 Å². The second kappa shape index (κ2) is 5.70. The Hall–Kier alpha value is -1.52. The highest BCUT2D eigenvalue weighted by molar-refractivity contribution is 9.10. The van der Waals surface area contributed by atoms with Crippen LogP contribution in [0, 0.1) is 6.92 Å². The number of fused-ring (bicyclic) bond motifs is 1. The van der Waals surface area contributed by atoms with Crippen molar-refractivity contribution in [2.24, 2.45) is 0 Å². The van der Waals surface area contributed by atoms with Crippen LogP contribution in [-0.4, -0.2) is 19.0 Å². The van der Waals surface area contributed by atoms with Crippen LogP contribution in [-0.2, 0) is 0 Å². The van der Waals surface area contributed by atoms with Gasteiger partial charge in [-0.3, -0.25) is 4.79 Å². The van der Waals surface area contributed by atoms with Crippen LogP contribution in [0.5, 0.6) is 11.5 Å². The van der Waals surface area contributed by atoms with Crippen molar-refractivity contribution in [1.29, 1.82) is 0 Å². The Morgan fingerprint density at radius 3 is 2.48 bits per heavy atom. The number of hydrogen-bond acceptors (Lipinski definition) is 3. The zero-order chi connectivity index (χ0) is 15.0. The third-order valence-electron chi connectivity index (χ3n) is 3.32. The summed E-state index contributed by atoms with van der Waals surface area (Å²) in [5, 5.41) is 0.364. The van der Waals surface area contributed by atoms with Gasteiger partial charge in [0.05, 0.1) is 5.02 Å². The lowest BCUT2D eigenvalue weighted by Crippen LogP contribution is -2.16. The summed E-state index contributed by atoms with van der Waals surface area (Å²) in [7, 11) is 0. The van der Waals surface area contributed by atoms with Gasteiger partial charge in [-0.15, -0.1) is 0 Å². The maximum absolute atomic E-state index is 12.7. The number of carbonyl (C=O) groups excluding carboxylic acids is 1. The Morgan fingerprint density at radius 2 is 1.76 bits per heavy atom. The predicted molar refractivity (Wildman–Crippen MR) is 84.8 cm³/mol. The molecular formula is C16H12BrClO3. The van der Waals surface area contributed by atoms with Gasteiger partial charge in [0.1, 0.15) is 13.2 Å². The Morgan fingerprint density at radius 1 is 1.10 bits per heavy atom. The smallest absolute Gasteiger partial charge is 0.194 e. The molecule has 0 aromatic heterocycles. The van der Waals surface area contributed by atoms with Gasteiger partial charge in [-0.2, -0.15) is 0 Å². The largest absolute Gasteiger partial charge is 0.486 e. The molecule has 1 aliphatic heterocycles. The van der Waals surface area contributed by atoms with Crippen molar-refractivity contribution < 1.29 is 14.3 Å². The van der Waals surface area contributed by atoms with Crippen molar-refractivity contribution in [1.82, 2.24) is 0 Å². The van der Waals surface area contributed by atoms with E-state index < -0.39 is 0 Å². The van der Waals surface area contributed by atoms with E-state index in [0.717, 1.165) is 10.0 Å². The molecule has 0 atom stereocenters. The molecule has 0 fully saturated rings. The first-order valence-electron chi connectivity index (χ1n) is 6.46. The molecule has 0 N–H and O–H groups in total. The second-order valence-corrected chi connectivity index (χ2v) is 6.09. The number of halogens is 2. The maximum Gasteiger partial charge on any atom is 0.194 e. The van der Waals surface area contributed by atoms with Gasteiger partial charge in [0.2, 0.25) is 0 Å². The standard InChI is InChI=1S/C16H12BrClO3/c1-9-2-3-10(17)6-11(9)16(19)12-7-14-15(8-13(12)18)21-5-4-20-14/h2-3,6-8H,4-5H2,1H3. The summed E-state index contributed by atoms with van der Waals surface area (Å²) in [5.74, 6) is 1.01. The van der Waals surface area contributed by atoms with Gasteiger partial charge < -0.3 is 9.47 Å². The normalized spacial score (nSPS) is 13.1. The van der Waals surface area contributed by atoms with E-state index in [4.69, 9.17) is 21.1 Å². The number of rotatable bonds is 2. The minimum atomic E-state index is -0.129. The van der Waals surface area contributed by atoms with Crippen LogP contribution in [0.1, 0.15) is 21.5 Å². The van der Waals surface area contributed by atoms with Crippen molar-refractivity contribution in [2.45, 2.75) is 6.92 Å². The Balaban J connectivity index is 2.07. The molecule has 2 aromatic carbocycles. The second-order valence-electron chi connectivity index (χ2n) is 4.76. The maximum atomic E-state index is 12.7. The quantitative estimate of drug-likeness (QED) is 0.737. The zero-order valence-electron chi connectivity index (χ0n) is 11.3. The third-order valence-corrected chi connectivity index (χ3v) is 4.13. The van der Waals surface area contributed by atoms with E-state index in [1.54, 1.807) is 18.2 Å². The molecule has 5 heteroatoms. The van der Waals surface area contributed by atoms with Gasteiger partial charge in [0.15, 0.2) is 17.3 Å². The van der Waals surface area contributed by atoms with Gasteiger partial charge in [0.25, 0.3) is 0 Å². The van der Waals surface area contributed by atoms with Gasteiger partial charge in [-0.05, 0) is 30.7 Å². The summed E-state index contributed by atoms with van der Waals surface area (Å²) in [5.41, 5.74) is 1.93. The molecule has 0 amide bonds. The summed E-state index contributed by atoms with van der Waals surface area (Å²) in [4.78, 5) is 12.7. The Bertz CT molecular complexity index is 728. The van der Waals surface area contributed by atoms with E-state index in [0.29, 0.717) is 40.9 Å². The molecule has 0 saturated heterocycles. The molecule has 2 aromatic rings. The number of benzene rings is 2. The van der Waals surface area contributed by atoms with Gasteiger partial charge in [-0.25, -0.2) is 0 Å². The summed E-state index contributed by atoms with van der Waals surface area (Å²) < 4.78 is 11.8. The fraction of sp³-hybridized carbons (Fsp3) is 0.188. The van der Waals surface area contributed by atoms with Crippen LogP contribution in [0.3, 0.4) is 0 Å². The van der Waals surface area contributed by atoms with E-state index in [1.807, 2.05) is 19.1 Å². The lowest BCUT2D eigenvalue weighted by atomic mass is 9.99. The number of hydrogen-bond donors (Lipinski definition) is 0. The molecule has 0 unspecified atom stereocenters. The van der Waals surface area contributed by atoms with Crippen molar-refractivity contribution >= 4 is 33.3 Å². The Labute approximate surface area is 136 Å². The van der Waals surface area contributed by atoms with Gasteiger partial charge in [0, 0.05) is 21.7 Å². The molecule has 3 nitrogen and oxygen atoms in total. The van der Waals surface area contributed by atoms with E-state index in [2.05, 4.69) is 15.9 Å². The molecule has 0 bridgehead atoms. The van der Waals surface area contributed by atoms with Crippen LogP contribution in [0.2, 0.25) is 5.02 Å². The highest BCUT2D eigenvalue weighted by atomic mass is 79.9. The molecule has 1 aliphatic rings. The summed E-state index contributed by atoms with van der Waals surface area (Å²) >= 11 is 9.62. The van der Waals surface area contributed by atoms with Gasteiger partial charge >= 0.3 is 0 Å². The number of ketones is 1. The zero-order valence-corrected chi connectivity index (χ0v) is 13.6. The lowest BCUT2D eigenvalue weighted by Gasteiger charge is -2.19. The molecule has 21 heavy (non-hydrogen) atoms. The van der Waals surface area contributed by atoms with Crippen LogP contribution in [0.15, 0.2) is 34.8 Å². The molecule has 0 aliphatic carbocycles. The number of ether oxygens (including phenoxy) is 2. The SMILES string of the molecule is Cc1ccc(Br)cc1C(=O)c1cc2c(cc1Cl)OCCO2. The van der Waals surface area contributed by atoms with E-state index in [1.165, 1.54) is 0 Å². The highest BCUT2D eigenvalue weighted by Crippen LogP contribution is 2.36. The van der Waals surface area contributed by atoms with E-state index in [9.17, 15) is 4.79 Å². The van der Waals surface area contributed by atoms with Crippen molar-refractivity contribution in [3.8, 4) is 11.5 Å². The number of aryl methyl sites for hydroxylation is 1. The average molecular weight is 368 g/mol. The van der Waals surface area contributed by atoms with Crippen molar-refractivity contribution in [3.63, 3.8) is 0 Å². The molecule has 0 radical (unpaired) electrons. The predicted octanol–water partition coefficient (Wildman–Crippen LogP) is 4.41. The molecule has 0 saturated carbocycles. The number of carbonyl (C=O) groups is 1. The van der Waals surface area contributed by atoms with Gasteiger partial charge in [-0.1, -0.05) is 33.6 Å². The van der Waals surface area contributed by atoms with Crippen LogP contribution >= 0.6 is 27.5 Å². The monoisotopic (exact) mass is 366 g/mol. The topological polar surface area (TPSA) is 35.5 Å². The summed E-state index contributed by atoms with van der Waals surface area (Å²) in [6.45, 7) is 2.85. The Kier molecular flexibility index (Phi) is 3.91. The summed E-state index contributed by atoms with van der Waals surface area (Å²) in [6, 6.07) is 8.88. The first kappa shape index (κ1) is 14.4. The third kappa shape index (κ3) is 2.78. The fourth-order valence-corrected chi connectivity index (χ4v) is 2.82. The average Bonchev–Trinajstić information content (AvgIpc) is 2.48. The summed E-state index contributed by atoms with van der Waals surface area (Å²) in [6.07, 6.45) is 0. The molecule has 108 valence electrons. The van der Waals surface area contributed by atoms with Crippen LogP contribution < -0.4 is 9.47 Å². The molecule has 3 rings (SSSR count). The first-order chi connectivity index (χ1) is 10.1. The van der Waals surface area contributed by atoms with Crippen LogP contribution in [0.4, 0.5) is 0 Å². The molecule has 0 spiro atoms. The minimum absolute atomic E-state index is 0.129. The van der Waals surface area contributed by atoms with Crippen molar-refractivity contribution in [3.05, 3.63) is 56.5 Å².